The zero-order valence-electron chi connectivity index (χ0n) is 11.5. The van der Waals surface area contributed by atoms with Crippen LogP contribution in [0.15, 0.2) is 12.1 Å². The van der Waals surface area contributed by atoms with Gasteiger partial charge in [0.1, 0.15) is 5.82 Å². The highest BCUT2D eigenvalue weighted by Gasteiger charge is 2.28. The van der Waals surface area contributed by atoms with Crippen LogP contribution in [0.4, 0.5) is 5.82 Å². The molecule has 0 unspecified atom stereocenters. The molecule has 3 N–H and O–H groups in total. The average Bonchev–Trinajstić information content (AvgIpc) is 3.29. The zero-order valence-corrected chi connectivity index (χ0v) is 11.5. The molecule has 1 fully saturated rings. The lowest BCUT2D eigenvalue weighted by molar-refractivity contribution is -0.122. The van der Waals surface area contributed by atoms with Crippen LogP contribution in [0.3, 0.4) is 0 Å². The fraction of sp³-hybridized carbons (Fsp3) is 0.538. The molecule has 0 aliphatic heterocycles. The van der Waals surface area contributed by atoms with Crippen LogP contribution in [-0.2, 0) is 4.79 Å². The summed E-state index contributed by atoms with van der Waals surface area (Å²) in [7, 11) is 0. The van der Waals surface area contributed by atoms with E-state index in [4.69, 9.17) is 0 Å². The summed E-state index contributed by atoms with van der Waals surface area (Å²) in [4.78, 5) is 23.1. The lowest BCUT2D eigenvalue weighted by Crippen LogP contribution is -2.35. The van der Waals surface area contributed by atoms with E-state index >= 15 is 0 Å². The molecule has 0 spiro atoms. The van der Waals surface area contributed by atoms with Crippen LogP contribution >= 0.6 is 0 Å². The van der Waals surface area contributed by atoms with E-state index in [-0.39, 0.29) is 23.4 Å². The van der Waals surface area contributed by atoms with Crippen molar-refractivity contribution in [1.29, 1.82) is 0 Å². The van der Waals surface area contributed by atoms with Crippen molar-refractivity contribution in [1.82, 2.24) is 20.8 Å². The Morgan fingerprint density at radius 1 is 1.20 bits per heavy atom. The fourth-order valence-electron chi connectivity index (χ4n) is 1.67. The first-order chi connectivity index (χ1) is 9.70. The Balaban J connectivity index is 1.69. The second kappa shape index (κ2) is 6.83. The quantitative estimate of drug-likeness (QED) is 0.617. The van der Waals surface area contributed by atoms with Crippen molar-refractivity contribution in [2.45, 2.75) is 19.8 Å². The predicted molar refractivity (Wildman–Crippen MR) is 74.3 cm³/mol. The molecule has 0 atom stereocenters. The number of nitrogens with one attached hydrogen (secondary N) is 3. The molecule has 7 nitrogen and oxygen atoms in total. The Hall–Kier alpha value is -2.18. The normalized spacial score (nSPS) is 13.7. The smallest absolute Gasteiger partial charge is 0.271 e. The van der Waals surface area contributed by atoms with E-state index in [2.05, 4.69) is 26.1 Å². The minimum atomic E-state index is -0.291. The Morgan fingerprint density at radius 3 is 2.55 bits per heavy atom. The first kappa shape index (κ1) is 14.2. The van der Waals surface area contributed by atoms with E-state index in [0.717, 1.165) is 19.4 Å². The Bertz CT molecular complexity index is 470. The van der Waals surface area contributed by atoms with Gasteiger partial charge in [0.25, 0.3) is 5.91 Å². The van der Waals surface area contributed by atoms with Crippen molar-refractivity contribution in [3.8, 4) is 0 Å². The molecule has 1 aromatic rings. The summed E-state index contributed by atoms with van der Waals surface area (Å²) in [6, 6.07) is 3.32. The molecule has 0 aromatic carbocycles. The molecule has 2 rings (SSSR count). The predicted octanol–water partition coefficient (Wildman–Crippen LogP) is 0.164. The Labute approximate surface area is 117 Å². The molecule has 1 aliphatic carbocycles. The number of hydrogen-bond donors (Lipinski definition) is 3. The van der Waals surface area contributed by atoms with Crippen molar-refractivity contribution in [2.75, 3.05) is 25.0 Å². The monoisotopic (exact) mass is 277 g/mol. The third-order valence-corrected chi connectivity index (χ3v) is 2.91. The summed E-state index contributed by atoms with van der Waals surface area (Å²) in [5, 5.41) is 16.2. The standard InChI is InChI=1S/C13H19N5O2/c1-2-14-11-6-5-10(17-18-11)13(20)16-8-7-15-12(19)9-3-4-9/h5-6,9H,2-4,7-8H2,1H3,(H,14,18)(H,15,19)(H,16,20). The molecule has 1 aromatic heterocycles. The van der Waals surface area contributed by atoms with Crippen LogP contribution in [0.2, 0.25) is 0 Å². The maximum absolute atomic E-state index is 11.8. The van der Waals surface area contributed by atoms with Crippen molar-refractivity contribution >= 4 is 17.6 Å². The zero-order chi connectivity index (χ0) is 14.4. The first-order valence-electron chi connectivity index (χ1n) is 6.84. The van der Waals surface area contributed by atoms with Crippen LogP contribution < -0.4 is 16.0 Å². The summed E-state index contributed by atoms with van der Waals surface area (Å²) in [6.45, 7) is 3.52. The van der Waals surface area contributed by atoms with E-state index in [1.54, 1.807) is 12.1 Å². The van der Waals surface area contributed by atoms with Gasteiger partial charge in [-0.1, -0.05) is 0 Å². The van der Waals surface area contributed by atoms with E-state index < -0.39 is 0 Å². The molecular formula is C13H19N5O2. The van der Waals surface area contributed by atoms with E-state index in [1.807, 2.05) is 6.92 Å². The highest BCUT2D eigenvalue weighted by molar-refractivity contribution is 5.92. The Morgan fingerprint density at radius 2 is 1.95 bits per heavy atom. The van der Waals surface area contributed by atoms with Crippen molar-refractivity contribution in [2.24, 2.45) is 5.92 Å². The number of anilines is 1. The van der Waals surface area contributed by atoms with Gasteiger partial charge >= 0.3 is 0 Å². The number of aromatic nitrogens is 2. The van der Waals surface area contributed by atoms with Gasteiger partial charge in [0.15, 0.2) is 5.69 Å². The largest absolute Gasteiger partial charge is 0.369 e. The number of hydrogen-bond acceptors (Lipinski definition) is 5. The summed E-state index contributed by atoms with van der Waals surface area (Å²) in [5.74, 6) is 0.617. The number of nitrogens with zero attached hydrogens (tertiary/aromatic N) is 2. The molecule has 1 aliphatic rings. The molecule has 7 heteroatoms. The summed E-state index contributed by atoms with van der Waals surface area (Å²) < 4.78 is 0. The topological polar surface area (TPSA) is 96.0 Å². The maximum Gasteiger partial charge on any atom is 0.271 e. The van der Waals surface area contributed by atoms with Gasteiger partial charge in [0, 0.05) is 25.6 Å². The van der Waals surface area contributed by atoms with Gasteiger partial charge in [0.05, 0.1) is 0 Å². The highest BCUT2D eigenvalue weighted by Crippen LogP contribution is 2.28. The van der Waals surface area contributed by atoms with E-state index in [1.165, 1.54) is 0 Å². The fourth-order valence-corrected chi connectivity index (χ4v) is 1.67. The van der Waals surface area contributed by atoms with Crippen LogP contribution in [0, 0.1) is 5.92 Å². The third-order valence-electron chi connectivity index (χ3n) is 2.91. The van der Waals surface area contributed by atoms with Gasteiger partial charge in [-0.25, -0.2) is 0 Å². The molecule has 108 valence electrons. The summed E-state index contributed by atoms with van der Waals surface area (Å²) in [6.07, 6.45) is 1.96. The molecule has 0 saturated heterocycles. The summed E-state index contributed by atoms with van der Waals surface area (Å²) in [5.41, 5.74) is 0.264. The molecular weight excluding hydrogens is 258 g/mol. The lowest BCUT2D eigenvalue weighted by Gasteiger charge is -2.06. The number of amides is 2. The molecule has 1 heterocycles. The average molecular weight is 277 g/mol. The molecule has 0 radical (unpaired) electrons. The molecule has 0 bridgehead atoms. The molecule has 1 saturated carbocycles. The first-order valence-corrected chi connectivity index (χ1v) is 6.84. The number of carbonyl (C=O) groups is 2. The second-order valence-corrected chi connectivity index (χ2v) is 4.66. The number of carbonyl (C=O) groups excluding carboxylic acids is 2. The van der Waals surface area contributed by atoms with Crippen molar-refractivity contribution in [3.05, 3.63) is 17.8 Å². The number of rotatable bonds is 7. The van der Waals surface area contributed by atoms with Gasteiger partial charge < -0.3 is 16.0 Å². The van der Waals surface area contributed by atoms with E-state index in [0.29, 0.717) is 18.9 Å². The van der Waals surface area contributed by atoms with E-state index in [9.17, 15) is 9.59 Å². The van der Waals surface area contributed by atoms with Gasteiger partial charge in [-0.15, -0.1) is 10.2 Å². The van der Waals surface area contributed by atoms with Crippen LogP contribution in [0.5, 0.6) is 0 Å². The van der Waals surface area contributed by atoms with Crippen LogP contribution in [0.1, 0.15) is 30.3 Å². The second-order valence-electron chi connectivity index (χ2n) is 4.66. The molecule has 20 heavy (non-hydrogen) atoms. The van der Waals surface area contributed by atoms with Gasteiger partial charge in [-0.2, -0.15) is 0 Å². The van der Waals surface area contributed by atoms with Crippen LogP contribution in [-0.4, -0.2) is 41.6 Å². The minimum Gasteiger partial charge on any atom is -0.369 e. The van der Waals surface area contributed by atoms with Gasteiger partial charge in [0.2, 0.25) is 5.91 Å². The molecule has 2 amide bonds. The minimum absolute atomic E-state index is 0.0778. The maximum atomic E-state index is 11.8. The SMILES string of the molecule is CCNc1ccc(C(=O)NCCNC(=O)C2CC2)nn1. The highest BCUT2D eigenvalue weighted by atomic mass is 16.2. The van der Waals surface area contributed by atoms with Crippen molar-refractivity contribution in [3.63, 3.8) is 0 Å². The lowest BCUT2D eigenvalue weighted by atomic mass is 10.3. The van der Waals surface area contributed by atoms with Gasteiger partial charge in [-0.3, -0.25) is 9.59 Å². The third kappa shape index (κ3) is 4.18. The van der Waals surface area contributed by atoms with Crippen molar-refractivity contribution < 1.29 is 9.59 Å². The van der Waals surface area contributed by atoms with Gasteiger partial charge in [-0.05, 0) is 31.9 Å². The Kier molecular flexibility index (Phi) is 4.86. The summed E-state index contributed by atoms with van der Waals surface area (Å²) >= 11 is 0. The van der Waals surface area contributed by atoms with Crippen LogP contribution in [0.25, 0.3) is 0 Å².